The van der Waals surface area contributed by atoms with Crippen molar-refractivity contribution in [3.8, 4) is 17.0 Å². The quantitative estimate of drug-likeness (QED) is 0.107. The van der Waals surface area contributed by atoms with E-state index in [1.807, 2.05) is 60.1 Å². The minimum atomic E-state index is -0.221. The van der Waals surface area contributed by atoms with Crippen molar-refractivity contribution in [2.24, 2.45) is 30.2 Å². The number of amides is 2. The van der Waals surface area contributed by atoms with Gasteiger partial charge in [-0.1, -0.05) is 51.0 Å². The monoisotopic (exact) mass is 843 g/mol. The van der Waals surface area contributed by atoms with E-state index in [1.165, 1.54) is 51.3 Å². The Kier molecular flexibility index (Phi) is 12.3. The van der Waals surface area contributed by atoms with E-state index in [0.29, 0.717) is 40.1 Å². The standard InChI is InChI=1S/C49H66N10O3/c1-32-26-34-8-7-18-49(29-32,30-34)19-17-33(2)47(60)51-20-21-57-22-24-58(25-23-57)37-12-14-38(15-13-37)59-46-43(45(50)52-31-53-46)44(55-59)36-11-16-39(42(28-36)62-4)54-48(61)41-27-35-9-5-6-10-40(35)56(41)3/h5-6,9-11,16,27-28,31-34,37-38H,7-8,12-15,17-26,29-30H2,1-4H3,(H,51,60)(H,54,61)(H2,50,52,53)/t32?,33-,34?,37?,38?,49?/m0/s1. The number of para-hydroxylation sites is 1. The Morgan fingerprint density at radius 1 is 0.984 bits per heavy atom. The number of nitrogens with two attached hydrogens (primary N) is 1. The van der Waals surface area contributed by atoms with Gasteiger partial charge >= 0.3 is 0 Å². The third kappa shape index (κ3) is 8.67. The number of hydrogen-bond donors (Lipinski definition) is 3. The molecule has 5 aromatic rings. The molecule has 0 radical (unpaired) electrons. The smallest absolute Gasteiger partial charge is 0.272 e. The van der Waals surface area contributed by atoms with E-state index in [9.17, 15) is 9.59 Å². The van der Waals surface area contributed by atoms with Gasteiger partial charge < -0.3 is 25.7 Å². The number of anilines is 2. The normalized spacial score (nSPS) is 25.2. The molecule has 4 fully saturated rings. The van der Waals surface area contributed by atoms with Crippen molar-refractivity contribution in [3.05, 3.63) is 60.6 Å². The summed E-state index contributed by atoms with van der Waals surface area (Å²) < 4.78 is 9.77. The maximum absolute atomic E-state index is 13.5. The minimum absolute atomic E-state index is 0.0862. The number of nitrogen functional groups attached to an aromatic ring is 1. The fourth-order valence-corrected chi connectivity index (χ4v) is 12.0. The fraction of sp³-hybridized carbons (Fsp3) is 0.571. The van der Waals surface area contributed by atoms with Crippen LogP contribution in [0.2, 0.25) is 0 Å². The number of aromatic nitrogens is 5. The number of nitrogens with one attached hydrogen (secondary N) is 2. The Morgan fingerprint density at radius 3 is 2.56 bits per heavy atom. The molecule has 9 rings (SSSR count). The molecule has 3 aliphatic carbocycles. The number of ether oxygens (including phenoxy) is 1. The Balaban J connectivity index is 0.770. The molecule has 3 unspecified atom stereocenters. The second kappa shape index (κ2) is 18.0. The Morgan fingerprint density at radius 2 is 1.77 bits per heavy atom. The van der Waals surface area contributed by atoms with Gasteiger partial charge in [-0.15, -0.1) is 0 Å². The van der Waals surface area contributed by atoms with Crippen LogP contribution in [0, 0.1) is 23.2 Å². The summed E-state index contributed by atoms with van der Waals surface area (Å²) >= 11 is 0. The van der Waals surface area contributed by atoms with Gasteiger partial charge in [0.1, 0.15) is 29.3 Å². The maximum atomic E-state index is 13.5. The number of hydrogen-bond acceptors (Lipinski definition) is 9. The van der Waals surface area contributed by atoms with Crippen molar-refractivity contribution in [1.29, 1.82) is 0 Å². The summed E-state index contributed by atoms with van der Waals surface area (Å²) in [5, 5.41) is 13.2. The zero-order chi connectivity index (χ0) is 43.0. The van der Waals surface area contributed by atoms with Gasteiger partial charge in [0.2, 0.25) is 5.91 Å². The van der Waals surface area contributed by atoms with Crippen LogP contribution in [0.3, 0.4) is 0 Å². The maximum Gasteiger partial charge on any atom is 0.272 e. The number of fused-ring (bicyclic) bond motifs is 4. The summed E-state index contributed by atoms with van der Waals surface area (Å²) in [6.45, 7) is 10.4. The Bertz CT molecular complexity index is 2390. The summed E-state index contributed by atoms with van der Waals surface area (Å²) in [6, 6.07) is 16.2. The fourth-order valence-electron chi connectivity index (χ4n) is 12.0. The van der Waals surface area contributed by atoms with E-state index >= 15 is 0 Å². The largest absolute Gasteiger partial charge is 0.495 e. The molecule has 2 amide bonds. The lowest BCUT2D eigenvalue weighted by Crippen LogP contribution is -2.52. The van der Waals surface area contributed by atoms with Crippen LogP contribution in [0.1, 0.15) is 107 Å². The number of piperazine rings is 1. The molecule has 1 aliphatic heterocycles. The topological polar surface area (TPSA) is 148 Å². The van der Waals surface area contributed by atoms with Gasteiger partial charge in [0, 0.05) is 74.7 Å². The molecule has 13 heteroatoms. The van der Waals surface area contributed by atoms with Crippen LogP contribution in [0.5, 0.6) is 5.75 Å². The van der Waals surface area contributed by atoms with E-state index in [0.717, 1.165) is 111 Å². The summed E-state index contributed by atoms with van der Waals surface area (Å²) in [4.78, 5) is 40.8. The molecule has 2 bridgehead atoms. The van der Waals surface area contributed by atoms with Gasteiger partial charge in [0.05, 0.1) is 24.2 Å². The first-order valence-electron chi connectivity index (χ1n) is 23.3. The van der Waals surface area contributed by atoms with Crippen molar-refractivity contribution in [2.75, 3.05) is 57.4 Å². The summed E-state index contributed by atoms with van der Waals surface area (Å²) in [7, 11) is 3.49. The molecule has 4 N–H and O–H groups in total. The lowest BCUT2D eigenvalue weighted by molar-refractivity contribution is -0.125. The molecule has 62 heavy (non-hydrogen) atoms. The predicted molar refractivity (Wildman–Crippen MR) is 246 cm³/mol. The molecular formula is C49H66N10O3. The van der Waals surface area contributed by atoms with Crippen molar-refractivity contribution < 1.29 is 14.3 Å². The molecule has 330 valence electrons. The zero-order valence-corrected chi connectivity index (χ0v) is 37.2. The summed E-state index contributed by atoms with van der Waals surface area (Å²) in [5.41, 5.74) is 11.4. The third-order valence-corrected chi connectivity index (χ3v) is 15.2. The van der Waals surface area contributed by atoms with E-state index < -0.39 is 0 Å². The zero-order valence-electron chi connectivity index (χ0n) is 37.2. The first kappa shape index (κ1) is 42.3. The van der Waals surface area contributed by atoms with E-state index in [2.05, 4.69) is 43.9 Å². The molecule has 2 aromatic carbocycles. The number of aryl methyl sites for hydroxylation is 1. The van der Waals surface area contributed by atoms with Gasteiger partial charge in [0.15, 0.2) is 5.65 Å². The molecule has 4 atom stereocenters. The van der Waals surface area contributed by atoms with Gasteiger partial charge in [-0.05, 0) is 106 Å². The Labute approximate surface area is 366 Å². The number of carbonyl (C=O) groups excluding carboxylic acids is 2. The van der Waals surface area contributed by atoms with Crippen LogP contribution in [0.4, 0.5) is 11.5 Å². The minimum Gasteiger partial charge on any atom is -0.495 e. The van der Waals surface area contributed by atoms with E-state index in [4.69, 9.17) is 20.6 Å². The lowest BCUT2D eigenvalue weighted by atomic mass is 9.57. The van der Waals surface area contributed by atoms with Gasteiger partial charge in [-0.3, -0.25) is 19.4 Å². The third-order valence-electron chi connectivity index (χ3n) is 15.2. The highest BCUT2D eigenvalue weighted by Crippen LogP contribution is 2.53. The van der Waals surface area contributed by atoms with E-state index in [-0.39, 0.29) is 23.8 Å². The Hall–Kier alpha value is -5.01. The van der Waals surface area contributed by atoms with Crippen LogP contribution in [0.25, 0.3) is 33.2 Å². The molecule has 0 spiro atoms. The highest BCUT2D eigenvalue weighted by atomic mass is 16.5. The molecular weight excluding hydrogens is 777 g/mol. The molecule has 4 aliphatic rings. The van der Waals surface area contributed by atoms with Crippen LogP contribution < -0.4 is 21.1 Å². The van der Waals surface area contributed by atoms with Crippen molar-refractivity contribution >= 4 is 45.3 Å². The average molecular weight is 843 g/mol. The van der Waals surface area contributed by atoms with Crippen molar-refractivity contribution in [3.63, 3.8) is 0 Å². The lowest BCUT2D eigenvalue weighted by Gasteiger charge is -2.48. The molecule has 1 saturated heterocycles. The first-order valence-corrected chi connectivity index (χ1v) is 23.3. The van der Waals surface area contributed by atoms with Gasteiger partial charge in [-0.25, -0.2) is 14.6 Å². The highest BCUT2D eigenvalue weighted by Gasteiger charge is 2.42. The highest BCUT2D eigenvalue weighted by molar-refractivity contribution is 6.07. The predicted octanol–water partition coefficient (Wildman–Crippen LogP) is 8.07. The van der Waals surface area contributed by atoms with E-state index in [1.54, 1.807) is 7.11 Å². The van der Waals surface area contributed by atoms with Gasteiger partial charge in [-0.2, -0.15) is 5.10 Å². The van der Waals surface area contributed by atoms with Crippen molar-refractivity contribution in [2.45, 2.75) is 103 Å². The second-order valence-electron chi connectivity index (χ2n) is 19.3. The van der Waals surface area contributed by atoms with Crippen molar-refractivity contribution in [1.82, 2.24) is 39.4 Å². The molecule has 3 aromatic heterocycles. The van der Waals surface area contributed by atoms with Crippen LogP contribution in [-0.2, 0) is 11.8 Å². The number of rotatable bonds is 13. The number of methoxy groups -OCH3 is 1. The summed E-state index contributed by atoms with van der Waals surface area (Å²) in [6.07, 6.45) is 16.3. The van der Waals surface area contributed by atoms with Crippen LogP contribution in [0.15, 0.2) is 54.9 Å². The molecule has 4 heterocycles. The SMILES string of the molecule is COc1cc(-c2nn(C3CCC(N4CCN(CCNC(=O)[C@@H](C)CCC56CCCC(CC(C)C5)C6)CC4)CC3)c3ncnc(N)c23)ccc1NC(=O)c1cc2ccccc2n1C. The summed E-state index contributed by atoms with van der Waals surface area (Å²) in [5.74, 6) is 2.77. The van der Waals surface area contributed by atoms with Crippen LogP contribution in [-0.4, -0.2) is 98.3 Å². The molecule has 3 saturated carbocycles. The average Bonchev–Trinajstić information content (AvgIpc) is 3.84. The number of nitrogens with zero attached hydrogens (tertiary/aromatic N) is 7. The number of benzene rings is 2. The van der Waals surface area contributed by atoms with Gasteiger partial charge in [0.25, 0.3) is 5.91 Å². The van der Waals surface area contributed by atoms with Crippen LogP contribution >= 0.6 is 0 Å². The first-order chi connectivity index (χ1) is 30.1. The number of carbonyl (C=O) groups is 2. The molecule has 13 nitrogen and oxygen atoms in total. The second-order valence-corrected chi connectivity index (χ2v) is 19.3.